The minimum absolute atomic E-state index is 0.0798. The number of amides is 1. The van der Waals surface area contributed by atoms with Crippen LogP contribution in [0.5, 0.6) is 0 Å². The number of carbonyl (C=O) groups is 1. The topological polar surface area (TPSA) is 83.5 Å². The lowest BCUT2D eigenvalue weighted by Gasteiger charge is -2.04. The van der Waals surface area contributed by atoms with Crippen LogP contribution in [0, 0.1) is 0 Å². The lowest BCUT2D eigenvalue weighted by molar-refractivity contribution is -0.117. The van der Waals surface area contributed by atoms with Crippen LogP contribution in [0.15, 0.2) is 12.2 Å². The van der Waals surface area contributed by atoms with Gasteiger partial charge in [0.25, 0.3) is 10.1 Å². The molecule has 0 aliphatic rings. The zero-order valence-corrected chi connectivity index (χ0v) is 13.2. The van der Waals surface area contributed by atoms with Crippen molar-refractivity contribution in [2.24, 2.45) is 0 Å². The van der Waals surface area contributed by atoms with Crippen molar-refractivity contribution in [1.29, 1.82) is 0 Å². The quantitative estimate of drug-likeness (QED) is 0.330. The van der Waals surface area contributed by atoms with Crippen molar-refractivity contribution in [3.8, 4) is 0 Å². The predicted octanol–water partition coefficient (Wildman–Crippen LogP) is 2.69. The van der Waals surface area contributed by atoms with Gasteiger partial charge in [-0.25, -0.2) is 0 Å². The Kier molecular flexibility index (Phi) is 10.4. The van der Waals surface area contributed by atoms with Crippen LogP contribution < -0.4 is 5.32 Å². The highest BCUT2D eigenvalue weighted by Crippen LogP contribution is 2.09. The standard InChI is InChI=1S/C14H27NO4S/c1-13(2)14(16)15-11-9-7-5-3-4-6-8-10-12-20(17,18)19/h1,3-12H2,2H3,(H,15,16)(H,17,18,19). The Labute approximate surface area is 122 Å². The fraction of sp³-hybridized carbons (Fsp3) is 0.786. The van der Waals surface area contributed by atoms with Gasteiger partial charge in [-0.15, -0.1) is 0 Å². The first-order valence-corrected chi connectivity index (χ1v) is 8.82. The molecule has 118 valence electrons. The molecule has 0 aliphatic heterocycles. The van der Waals surface area contributed by atoms with Gasteiger partial charge in [0.2, 0.25) is 5.91 Å². The van der Waals surface area contributed by atoms with Crippen LogP contribution in [0.4, 0.5) is 0 Å². The molecule has 0 saturated heterocycles. The molecule has 5 nitrogen and oxygen atoms in total. The Morgan fingerprint density at radius 2 is 1.45 bits per heavy atom. The third kappa shape index (κ3) is 13.5. The van der Waals surface area contributed by atoms with E-state index < -0.39 is 10.1 Å². The fourth-order valence-electron chi connectivity index (χ4n) is 1.82. The van der Waals surface area contributed by atoms with E-state index in [-0.39, 0.29) is 11.7 Å². The molecule has 20 heavy (non-hydrogen) atoms. The van der Waals surface area contributed by atoms with Crippen molar-refractivity contribution in [3.05, 3.63) is 12.2 Å². The van der Waals surface area contributed by atoms with E-state index in [1.807, 2.05) is 0 Å². The molecule has 0 fully saturated rings. The number of carbonyl (C=O) groups excluding carboxylic acids is 1. The molecule has 0 saturated carbocycles. The van der Waals surface area contributed by atoms with E-state index in [1.165, 1.54) is 0 Å². The van der Waals surface area contributed by atoms with Crippen LogP contribution in [0.2, 0.25) is 0 Å². The Morgan fingerprint density at radius 1 is 1.00 bits per heavy atom. The molecule has 0 atom stereocenters. The second kappa shape index (κ2) is 10.9. The van der Waals surface area contributed by atoms with E-state index in [0.717, 1.165) is 44.9 Å². The van der Waals surface area contributed by atoms with Crippen molar-refractivity contribution in [2.75, 3.05) is 12.3 Å². The average molecular weight is 305 g/mol. The van der Waals surface area contributed by atoms with E-state index in [0.29, 0.717) is 18.5 Å². The van der Waals surface area contributed by atoms with E-state index >= 15 is 0 Å². The van der Waals surface area contributed by atoms with Crippen molar-refractivity contribution < 1.29 is 17.8 Å². The maximum absolute atomic E-state index is 11.2. The molecule has 6 heteroatoms. The van der Waals surface area contributed by atoms with Gasteiger partial charge in [0, 0.05) is 12.1 Å². The summed E-state index contributed by atoms with van der Waals surface area (Å²) in [5.74, 6) is -0.209. The van der Waals surface area contributed by atoms with Crippen molar-refractivity contribution >= 4 is 16.0 Å². The molecule has 0 radical (unpaired) electrons. The first-order valence-electron chi connectivity index (χ1n) is 7.22. The number of hydrogen-bond donors (Lipinski definition) is 2. The highest BCUT2D eigenvalue weighted by atomic mass is 32.2. The largest absolute Gasteiger partial charge is 0.352 e. The maximum Gasteiger partial charge on any atom is 0.264 e. The van der Waals surface area contributed by atoms with E-state index in [9.17, 15) is 13.2 Å². The van der Waals surface area contributed by atoms with Crippen LogP contribution >= 0.6 is 0 Å². The molecule has 0 rings (SSSR count). The number of rotatable bonds is 12. The second-order valence-corrected chi connectivity index (χ2v) is 6.72. The summed E-state index contributed by atoms with van der Waals surface area (Å²) in [7, 11) is -3.79. The van der Waals surface area contributed by atoms with Crippen LogP contribution in [0.3, 0.4) is 0 Å². The molecule has 0 unspecified atom stereocenters. The van der Waals surface area contributed by atoms with Gasteiger partial charge in [-0.05, 0) is 19.8 Å². The van der Waals surface area contributed by atoms with E-state index in [1.54, 1.807) is 6.92 Å². The number of hydrogen-bond acceptors (Lipinski definition) is 3. The monoisotopic (exact) mass is 305 g/mol. The summed E-state index contributed by atoms with van der Waals surface area (Å²) < 4.78 is 29.5. The van der Waals surface area contributed by atoms with E-state index in [2.05, 4.69) is 11.9 Å². The molecule has 2 N–H and O–H groups in total. The molecule has 0 aromatic rings. The highest BCUT2D eigenvalue weighted by Gasteiger charge is 2.03. The van der Waals surface area contributed by atoms with Gasteiger partial charge in [-0.1, -0.05) is 45.1 Å². The average Bonchev–Trinajstić information content (AvgIpc) is 2.34. The van der Waals surface area contributed by atoms with Gasteiger partial charge in [0.1, 0.15) is 0 Å². The van der Waals surface area contributed by atoms with Crippen molar-refractivity contribution in [2.45, 2.75) is 58.3 Å². The summed E-state index contributed by atoms with van der Waals surface area (Å²) in [6, 6.07) is 0. The molecule has 0 bridgehead atoms. The predicted molar refractivity (Wildman–Crippen MR) is 81.2 cm³/mol. The minimum atomic E-state index is -3.79. The van der Waals surface area contributed by atoms with Gasteiger partial charge >= 0.3 is 0 Å². The smallest absolute Gasteiger partial charge is 0.264 e. The summed E-state index contributed by atoms with van der Waals surface area (Å²) in [4.78, 5) is 11.2. The Hall–Kier alpha value is -0.880. The van der Waals surface area contributed by atoms with Gasteiger partial charge < -0.3 is 5.32 Å². The Bertz CT molecular complexity index is 390. The maximum atomic E-state index is 11.2. The van der Waals surface area contributed by atoms with Gasteiger partial charge in [-0.2, -0.15) is 8.42 Å². The third-order valence-electron chi connectivity index (χ3n) is 3.00. The van der Waals surface area contributed by atoms with Crippen molar-refractivity contribution in [3.63, 3.8) is 0 Å². The molecular weight excluding hydrogens is 278 g/mol. The SMILES string of the molecule is C=C(C)C(=O)NCCCCCCCCCCS(=O)(=O)O. The summed E-state index contributed by atoms with van der Waals surface area (Å²) >= 11 is 0. The molecule has 0 heterocycles. The first-order chi connectivity index (χ1) is 9.33. The Balaban J connectivity index is 3.21. The second-order valence-electron chi connectivity index (χ2n) is 5.15. The van der Waals surface area contributed by atoms with Gasteiger partial charge in [-0.3, -0.25) is 9.35 Å². The van der Waals surface area contributed by atoms with Gasteiger partial charge in [0.15, 0.2) is 0 Å². The summed E-state index contributed by atoms with van der Waals surface area (Å²) in [6.45, 7) is 5.96. The van der Waals surface area contributed by atoms with Crippen molar-refractivity contribution in [1.82, 2.24) is 5.32 Å². The first kappa shape index (κ1) is 19.1. The minimum Gasteiger partial charge on any atom is -0.352 e. The van der Waals surface area contributed by atoms with Crippen LogP contribution in [0.1, 0.15) is 58.3 Å². The molecule has 0 aromatic heterocycles. The summed E-state index contributed by atoms with van der Waals surface area (Å²) in [5.41, 5.74) is 0.537. The molecule has 0 aliphatic carbocycles. The van der Waals surface area contributed by atoms with E-state index in [4.69, 9.17) is 4.55 Å². The van der Waals surface area contributed by atoms with Crippen LogP contribution in [-0.2, 0) is 14.9 Å². The van der Waals surface area contributed by atoms with Crippen LogP contribution in [-0.4, -0.2) is 31.2 Å². The summed E-state index contributed by atoms with van der Waals surface area (Å²) in [6.07, 6.45) is 7.77. The molecule has 0 spiro atoms. The lowest BCUT2D eigenvalue weighted by atomic mass is 10.1. The lowest BCUT2D eigenvalue weighted by Crippen LogP contribution is -2.24. The van der Waals surface area contributed by atoms with Gasteiger partial charge in [0.05, 0.1) is 5.75 Å². The number of unbranched alkanes of at least 4 members (excludes halogenated alkanes) is 7. The Morgan fingerprint density at radius 3 is 1.90 bits per heavy atom. The molecule has 0 aromatic carbocycles. The summed E-state index contributed by atoms with van der Waals surface area (Å²) in [5, 5.41) is 2.80. The zero-order chi connectivity index (χ0) is 15.4. The third-order valence-corrected chi connectivity index (χ3v) is 3.81. The molecular formula is C14H27NO4S. The normalized spacial score (nSPS) is 11.3. The number of nitrogens with one attached hydrogen (secondary N) is 1. The highest BCUT2D eigenvalue weighted by molar-refractivity contribution is 7.85. The zero-order valence-electron chi connectivity index (χ0n) is 12.4. The molecule has 1 amide bonds. The van der Waals surface area contributed by atoms with Crippen LogP contribution in [0.25, 0.3) is 0 Å². The fourth-order valence-corrected chi connectivity index (χ4v) is 2.39.